The Hall–Kier alpha value is -3.50. The lowest BCUT2D eigenvalue weighted by atomic mass is 9.89. The summed E-state index contributed by atoms with van der Waals surface area (Å²) >= 11 is 0. The second-order valence-electron chi connectivity index (χ2n) is 7.54. The van der Waals surface area contributed by atoms with Gasteiger partial charge >= 0.3 is 18.3 Å². The number of hydrogen-bond donors (Lipinski definition) is 0. The highest BCUT2D eigenvalue weighted by atomic mass is 19.4. The number of Topliss-reactive ketones (excluding diaryl/α,β-unsaturated/α-hetero) is 1. The fourth-order valence-electron chi connectivity index (χ4n) is 3.20. The summed E-state index contributed by atoms with van der Waals surface area (Å²) in [5.74, 6) is -2.79. The number of alkyl halides is 6. The summed E-state index contributed by atoms with van der Waals surface area (Å²) < 4.78 is 93.9. The molecule has 0 bridgehead atoms. The molecule has 34 heavy (non-hydrogen) atoms. The lowest BCUT2D eigenvalue weighted by Gasteiger charge is -2.29. The average Bonchev–Trinajstić information content (AvgIpc) is 2.76. The van der Waals surface area contributed by atoms with E-state index in [9.17, 15) is 35.9 Å². The first kappa shape index (κ1) is 25.1. The second kappa shape index (κ2) is 9.03. The third-order valence-electron chi connectivity index (χ3n) is 5.20. The van der Waals surface area contributed by atoms with E-state index in [-0.39, 0.29) is 28.7 Å². The molecule has 0 radical (unpaired) electrons. The molecule has 5 nitrogen and oxygen atoms in total. The van der Waals surface area contributed by atoms with Crippen LogP contribution in [0.4, 0.5) is 26.3 Å². The van der Waals surface area contributed by atoms with Gasteiger partial charge in [0.15, 0.2) is 5.78 Å². The minimum atomic E-state index is -5.02. The highest BCUT2D eigenvalue weighted by Crippen LogP contribution is 2.39. The molecule has 2 atom stereocenters. The summed E-state index contributed by atoms with van der Waals surface area (Å²) in [7, 11) is 1.10. The van der Waals surface area contributed by atoms with Crippen molar-refractivity contribution in [3.05, 3.63) is 64.7 Å². The van der Waals surface area contributed by atoms with Gasteiger partial charge < -0.3 is 14.2 Å². The monoisotopic (exact) mass is 488 g/mol. The van der Waals surface area contributed by atoms with Gasteiger partial charge in [-0.3, -0.25) is 4.79 Å². The van der Waals surface area contributed by atoms with Crippen molar-refractivity contribution in [3.8, 4) is 11.5 Å². The Balaban J connectivity index is 1.97. The number of halogens is 6. The summed E-state index contributed by atoms with van der Waals surface area (Å²) in [6.45, 7) is 3.23. The smallest absolute Gasteiger partial charge is 0.416 e. The van der Waals surface area contributed by atoms with E-state index in [0.29, 0.717) is 12.1 Å². The van der Waals surface area contributed by atoms with Crippen molar-refractivity contribution in [3.63, 3.8) is 0 Å². The van der Waals surface area contributed by atoms with Crippen LogP contribution in [0.2, 0.25) is 0 Å². The SMILES string of the molecule is COC(=O)C1=C(c2ccc(Oc3cc(C(F)(F)F)cc(C(F)(F)F)c3)cc2)OC(C)C(C)C1=O. The van der Waals surface area contributed by atoms with Crippen LogP contribution in [-0.2, 0) is 31.4 Å². The van der Waals surface area contributed by atoms with Gasteiger partial charge in [0.2, 0.25) is 0 Å². The molecular weight excluding hydrogens is 470 g/mol. The van der Waals surface area contributed by atoms with Gasteiger partial charge in [-0.05, 0) is 49.4 Å². The van der Waals surface area contributed by atoms with Crippen LogP contribution in [0.25, 0.3) is 5.76 Å². The van der Waals surface area contributed by atoms with Crippen molar-refractivity contribution in [2.45, 2.75) is 32.3 Å². The zero-order valence-electron chi connectivity index (χ0n) is 18.0. The van der Waals surface area contributed by atoms with Gasteiger partial charge in [-0.1, -0.05) is 6.92 Å². The van der Waals surface area contributed by atoms with Crippen molar-refractivity contribution in [2.75, 3.05) is 7.11 Å². The summed E-state index contributed by atoms with van der Waals surface area (Å²) in [6.07, 6.45) is -10.6. The Morgan fingerprint density at radius 1 is 0.882 bits per heavy atom. The highest BCUT2D eigenvalue weighted by Gasteiger charge is 2.39. The number of carbonyl (C=O) groups excluding carboxylic acids is 2. The summed E-state index contributed by atoms with van der Waals surface area (Å²) in [6, 6.07) is 6.10. The number of esters is 1. The fraction of sp³-hybridized carbons (Fsp3) is 0.304. The zero-order chi connectivity index (χ0) is 25.4. The molecule has 0 aromatic heterocycles. The lowest BCUT2D eigenvalue weighted by molar-refractivity contribution is -0.143. The molecule has 0 amide bonds. The molecule has 0 saturated heterocycles. The fourth-order valence-corrected chi connectivity index (χ4v) is 3.20. The van der Waals surface area contributed by atoms with E-state index in [2.05, 4.69) is 4.74 Å². The Kier molecular flexibility index (Phi) is 6.68. The molecule has 3 rings (SSSR count). The van der Waals surface area contributed by atoms with Crippen molar-refractivity contribution < 1.29 is 50.1 Å². The van der Waals surface area contributed by atoms with Crippen molar-refractivity contribution >= 4 is 17.5 Å². The van der Waals surface area contributed by atoms with Gasteiger partial charge in [0.25, 0.3) is 0 Å². The van der Waals surface area contributed by atoms with E-state index in [1.54, 1.807) is 13.8 Å². The zero-order valence-corrected chi connectivity index (χ0v) is 18.0. The minimum Gasteiger partial charge on any atom is -0.488 e. The lowest BCUT2D eigenvalue weighted by Crippen LogP contribution is -2.35. The molecule has 0 aliphatic carbocycles. The highest BCUT2D eigenvalue weighted by molar-refractivity contribution is 6.23. The third kappa shape index (κ3) is 5.18. The van der Waals surface area contributed by atoms with Gasteiger partial charge in [-0.25, -0.2) is 4.79 Å². The Morgan fingerprint density at radius 2 is 1.41 bits per heavy atom. The number of hydrogen-bond acceptors (Lipinski definition) is 5. The van der Waals surface area contributed by atoms with Gasteiger partial charge in [0, 0.05) is 5.56 Å². The predicted octanol–water partition coefficient (Wildman–Crippen LogP) is 6.02. The molecule has 0 spiro atoms. The summed E-state index contributed by atoms with van der Waals surface area (Å²) in [4.78, 5) is 24.8. The van der Waals surface area contributed by atoms with E-state index in [4.69, 9.17) is 9.47 Å². The van der Waals surface area contributed by atoms with Crippen LogP contribution in [0, 0.1) is 5.92 Å². The molecule has 1 aliphatic rings. The van der Waals surface area contributed by atoms with Crippen LogP contribution in [0.5, 0.6) is 11.5 Å². The number of carbonyl (C=O) groups is 2. The largest absolute Gasteiger partial charge is 0.488 e. The van der Waals surface area contributed by atoms with Crippen LogP contribution in [0.1, 0.15) is 30.5 Å². The second-order valence-corrected chi connectivity index (χ2v) is 7.54. The molecule has 182 valence electrons. The molecule has 0 saturated carbocycles. The van der Waals surface area contributed by atoms with Crippen LogP contribution >= 0.6 is 0 Å². The van der Waals surface area contributed by atoms with Crippen LogP contribution in [0.3, 0.4) is 0 Å². The topological polar surface area (TPSA) is 61.8 Å². The quantitative estimate of drug-likeness (QED) is 0.299. The van der Waals surface area contributed by atoms with Gasteiger partial charge in [-0.2, -0.15) is 26.3 Å². The van der Waals surface area contributed by atoms with Crippen molar-refractivity contribution in [1.82, 2.24) is 0 Å². The van der Waals surface area contributed by atoms with E-state index in [1.807, 2.05) is 0 Å². The summed E-state index contributed by atoms with van der Waals surface area (Å²) in [5, 5.41) is 0. The molecular formula is C23H18F6O5. The maximum absolute atomic E-state index is 13.0. The van der Waals surface area contributed by atoms with Crippen LogP contribution in [-0.4, -0.2) is 25.0 Å². The minimum absolute atomic E-state index is 0.00361. The number of ether oxygens (including phenoxy) is 3. The molecule has 2 aromatic rings. The number of methoxy groups -OCH3 is 1. The normalized spacial score (nSPS) is 19.0. The van der Waals surface area contributed by atoms with Crippen LogP contribution in [0.15, 0.2) is 48.0 Å². The van der Waals surface area contributed by atoms with Gasteiger partial charge in [0.05, 0.1) is 24.2 Å². The Labute approximate surface area is 189 Å². The number of rotatable bonds is 4. The Morgan fingerprint density at radius 3 is 1.88 bits per heavy atom. The molecule has 0 fully saturated rings. The van der Waals surface area contributed by atoms with E-state index in [0.717, 1.165) is 7.11 Å². The van der Waals surface area contributed by atoms with E-state index >= 15 is 0 Å². The Bertz CT molecular complexity index is 1100. The molecule has 2 unspecified atom stereocenters. The number of benzene rings is 2. The molecule has 1 heterocycles. The number of ketones is 1. The molecule has 11 heteroatoms. The van der Waals surface area contributed by atoms with Gasteiger partial charge in [0.1, 0.15) is 28.9 Å². The maximum atomic E-state index is 13.0. The predicted molar refractivity (Wildman–Crippen MR) is 107 cm³/mol. The first-order chi connectivity index (χ1) is 15.7. The van der Waals surface area contributed by atoms with Gasteiger partial charge in [-0.15, -0.1) is 0 Å². The first-order valence-corrected chi connectivity index (χ1v) is 9.83. The summed E-state index contributed by atoms with van der Waals surface area (Å²) in [5.41, 5.74) is -3.06. The third-order valence-corrected chi connectivity index (χ3v) is 5.20. The van der Waals surface area contributed by atoms with Crippen molar-refractivity contribution in [2.24, 2.45) is 5.92 Å². The van der Waals surface area contributed by atoms with Crippen molar-refractivity contribution in [1.29, 1.82) is 0 Å². The van der Waals surface area contributed by atoms with E-state index in [1.165, 1.54) is 24.3 Å². The van der Waals surface area contributed by atoms with E-state index < -0.39 is 53.0 Å². The molecule has 0 N–H and O–H groups in total. The molecule has 2 aromatic carbocycles. The average molecular weight is 488 g/mol. The van der Waals surface area contributed by atoms with Crippen LogP contribution < -0.4 is 4.74 Å². The standard InChI is InChI=1S/C23H18F6O5/c1-11-12(2)33-20(18(19(11)30)21(31)32-3)13-4-6-16(7-5-13)34-17-9-14(22(24,25)26)8-15(10-17)23(27,28)29/h4-12H,1-3H3. The maximum Gasteiger partial charge on any atom is 0.416 e. The molecule has 1 aliphatic heterocycles. The first-order valence-electron chi connectivity index (χ1n) is 9.83.